The molecule has 0 aliphatic rings. The smallest absolute Gasteiger partial charge is 0.149 e. The molecule has 8 aromatic rings. The van der Waals surface area contributed by atoms with Gasteiger partial charge in [-0.2, -0.15) is 0 Å². The molecule has 4 heteroatoms. The van der Waals surface area contributed by atoms with E-state index in [0.717, 1.165) is 50.1 Å². The third kappa shape index (κ3) is 8.16. The Morgan fingerprint density at radius 1 is 0.557 bits per heavy atom. The maximum Gasteiger partial charge on any atom is 0.149 e. The van der Waals surface area contributed by atoms with Crippen molar-refractivity contribution in [1.29, 1.82) is 0 Å². The second kappa shape index (κ2) is 15.3. The molecule has 6 aromatic carbocycles. The van der Waals surface area contributed by atoms with Gasteiger partial charge in [0.25, 0.3) is 0 Å². The summed E-state index contributed by atoms with van der Waals surface area (Å²) < 4.78 is 112. The fraction of sp³-hybridized carbons (Fsp3) is 0.263. The fourth-order valence-corrected chi connectivity index (χ4v) is 7.87. The van der Waals surface area contributed by atoms with Crippen LogP contribution in [0.2, 0.25) is 0 Å². The maximum absolute atomic E-state index is 11.8. The van der Waals surface area contributed by atoms with Crippen LogP contribution in [0.5, 0.6) is 5.75 Å². The van der Waals surface area contributed by atoms with E-state index in [1.165, 1.54) is 17.8 Å². The van der Waals surface area contributed by atoms with E-state index in [1.54, 1.807) is 6.07 Å². The number of aromatic nitrogens is 3. The lowest BCUT2D eigenvalue weighted by molar-refractivity contribution is 0.472. The number of phenolic OH excluding ortho intramolecular Hbond substituents is 1. The van der Waals surface area contributed by atoms with Crippen LogP contribution in [-0.2, 0) is 16.2 Å². The van der Waals surface area contributed by atoms with E-state index < -0.39 is 61.1 Å². The number of hydrogen-bond acceptors (Lipinski definition) is 3. The largest absolute Gasteiger partial charge is 0.507 e. The van der Waals surface area contributed by atoms with Gasteiger partial charge in [0, 0.05) is 35.2 Å². The molecule has 0 atom stereocenters. The SMILES string of the molecule is [2H]c1c([2H])c(C(C([2H])([2H])[2H])(C([2H])([2H])[2H])C([2H])([2H])[2H])c([2H])c([2H])c1-c1ccnc(-c2cc(-c3cccc4c3nc(-c3cc(C)cc(C)c3O)n4-c3ccc(C)cc3-c3ccc(C(C)(C)C)cc3)cc(C(C)(C)C)c2)c1. The summed E-state index contributed by atoms with van der Waals surface area (Å²) in [5.74, 6) is 0.650. The molecule has 4 nitrogen and oxygen atoms in total. The Labute approximate surface area is 381 Å². The Bertz CT molecular complexity index is 3450. The normalized spacial score (nSPS) is 16.0. The quantitative estimate of drug-likeness (QED) is 0.182. The van der Waals surface area contributed by atoms with Gasteiger partial charge < -0.3 is 5.11 Å². The van der Waals surface area contributed by atoms with Crippen LogP contribution in [0.4, 0.5) is 0 Å². The first kappa shape index (κ1) is 28.3. The van der Waals surface area contributed by atoms with Crippen LogP contribution >= 0.6 is 0 Å². The monoisotopic (exact) mass is 815 g/mol. The molecule has 1 N–H and O–H groups in total. The standard InChI is InChI=1S/C57H59N3O/c1-35-16-25-50(47(29-35)39-19-23-44(24-20-39)56(7,8)9)60-51-15-13-14-46(52(51)59-54(60)48-30-36(2)28-37(3)53(48)61)41-31-42(33-45(32-41)57(10,11)12)49-34-40(26-27-58-49)38-17-21-43(22-18-38)55(4,5)6/h13-34,61H,1-12H3/i4D3,5D3,6D3,17D,18D,21D,22D. The molecular weight excluding hydrogens is 743 g/mol. The molecule has 0 radical (unpaired) electrons. The second-order valence-electron chi connectivity index (χ2n) is 18.2. The lowest BCUT2D eigenvalue weighted by atomic mass is 9.83. The Hall–Kier alpha value is -6.26. The van der Waals surface area contributed by atoms with E-state index >= 15 is 0 Å². The van der Waals surface area contributed by atoms with Crippen LogP contribution in [0.3, 0.4) is 0 Å². The Morgan fingerprint density at radius 2 is 1.25 bits per heavy atom. The number of imidazole rings is 1. The lowest BCUT2D eigenvalue weighted by Crippen LogP contribution is -2.11. The van der Waals surface area contributed by atoms with Crippen molar-refractivity contribution >= 4 is 11.0 Å². The number of para-hydroxylation sites is 1. The first-order chi connectivity index (χ1) is 34.2. The summed E-state index contributed by atoms with van der Waals surface area (Å²) in [4.78, 5) is 10.2. The van der Waals surface area contributed by atoms with E-state index in [-0.39, 0.29) is 22.3 Å². The number of nitrogens with zero attached hydrogens (tertiary/aromatic N) is 3. The molecule has 61 heavy (non-hydrogen) atoms. The number of rotatable bonds is 6. The van der Waals surface area contributed by atoms with Crippen molar-refractivity contribution in [3.8, 4) is 67.5 Å². The van der Waals surface area contributed by atoms with Crippen LogP contribution in [0.1, 0.15) is 113 Å². The maximum atomic E-state index is 11.8. The summed E-state index contributed by atoms with van der Waals surface area (Å²) in [7, 11) is 0. The first-order valence-electron chi connectivity index (χ1n) is 27.0. The average molecular weight is 815 g/mol. The van der Waals surface area contributed by atoms with Gasteiger partial charge in [0.15, 0.2) is 0 Å². The highest BCUT2D eigenvalue weighted by atomic mass is 16.3. The highest BCUT2D eigenvalue weighted by Crippen LogP contribution is 2.43. The molecular formula is C57H59N3O. The van der Waals surface area contributed by atoms with E-state index in [0.29, 0.717) is 33.7 Å². The average Bonchev–Trinajstić information content (AvgIpc) is 3.68. The zero-order valence-corrected chi connectivity index (χ0v) is 36.2. The Kier molecular flexibility index (Phi) is 7.11. The minimum absolute atomic E-state index is 0.0449. The van der Waals surface area contributed by atoms with Crippen molar-refractivity contribution in [3.05, 3.63) is 167 Å². The van der Waals surface area contributed by atoms with Crippen molar-refractivity contribution in [1.82, 2.24) is 14.5 Å². The summed E-state index contributed by atoms with van der Waals surface area (Å²) in [5.41, 5.74) is 6.65. The van der Waals surface area contributed by atoms with Crippen LogP contribution in [0, 0.1) is 20.8 Å². The van der Waals surface area contributed by atoms with E-state index in [9.17, 15) is 5.11 Å². The van der Waals surface area contributed by atoms with Crippen LogP contribution < -0.4 is 0 Å². The first-order valence-corrected chi connectivity index (χ1v) is 20.5. The van der Waals surface area contributed by atoms with E-state index in [2.05, 4.69) is 102 Å². The molecule has 2 aromatic heterocycles. The number of aromatic hydroxyl groups is 1. The molecule has 0 saturated heterocycles. The molecule has 0 saturated carbocycles. The molecule has 0 spiro atoms. The minimum atomic E-state index is -3.80. The van der Waals surface area contributed by atoms with Gasteiger partial charge in [-0.3, -0.25) is 9.55 Å². The molecule has 0 aliphatic carbocycles. The van der Waals surface area contributed by atoms with Crippen molar-refractivity contribution in [2.45, 2.75) is 99.1 Å². The summed E-state index contributed by atoms with van der Waals surface area (Å²) in [5, 5.41) is 11.8. The number of pyridine rings is 1. The topological polar surface area (TPSA) is 50.9 Å². The molecule has 0 amide bonds. The fourth-order valence-electron chi connectivity index (χ4n) is 7.87. The van der Waals surface area contributed by atoms with Gasteiger partial charge in [-0.15, -0.1) is 0 Å². The summed E-state index contributed by atoms with van der Waals surface area (Å²) in [6.45, 7) is 7.30. The number of phenols is 1. The van der Waals surface area contributed by atoms with Gasteiger partial charge >= 0.3 is 0 Å². The number of benzene rings is 6. The zero-order chi connectivity index (χ0) is 54.6. The highest BCUT2D eigenvalue weighted by Gasteiger charge is 2.25. The molecule has 2 heterocycles. The predicted molar refractivity (Wildman–Crippen MR) is 258 cm³/mol. The van der Waals surface area contributed by atoms with Crippen LogP contribution in [0.25, 0.3) is 72.7 Å². The van der Waals surface area contributed by atoms with Gasteiger partial charge in [-0.1, -0.05) is 146 Å². The van der Waals surface area contributed by atoms with Crippen molar-refractivity contribution in [2.75, 3.05) is 0 Å². The predicted octanol–water partition coefficient (Wildman–Crippen LogP) is 15.3. The third-order valence-electron chi connectivity index (χ3n) is 11.3. The van der Waals surface area contributed by atoms with Gasteiger partial charge in [0.05, 0.1) is 33.5 Å². The van der Waals surface area contributed by atoms with Gasteiger partial charge in [0.1, 0.15) is 11.6 Å². The number of fused-ring (bicyclic) bond motifs is 1. The molecule has 8 rings (SSSR count). The van der Waals surface area contributed by atoms with Crippen LogP contribution in [-0.4, -0.2) is 19.6 Å². The van der Waals surface area contributed by atoms with Crippen molar-refractivity contribution < 1.29 is 22.9 Å². The molecule has 0 aliphatic heterocycles. The minimum Gasteiger partial charge on any atom is -0.507 e. The highest BCUT2D eigenvalue weighted by molar-refractivity contribution is 5.98. The molecule has 308 valence electrons. The third-order valence-corrected chi connectivity index (χ3v) is 11.3. The Balaban J connectivity index is 1.36. The molecule has 0 fully saturated rings. The van der Waals surface area contributed by atoms with E-state index in [1.807, 2.05) is 56.3 Å². The zero-order valence-electron chi connectivity index (χ0n) is 49.2. The number of hydrogen-bond donors (Lipinski definition) is 1. The second-order valence-corrected chi connectivity index (χ2v) is 18.2. The number of aryl methyl sites for hydroxylation is 3. The van der Waals surface area contributed by atoms with Crippen molar-refractivity contribution in [2.24, 2.45) is 0 Å². The van der Waals surface area contributed by atoms with Gasteiger partial charge in [0.2, 0.25) is 0 Å². The summed E-state index contributed by atoms with van der Waals surface area (Å²) >= 11 is 0. The van der Waals surface area contributed by atoms with Gasteiger partial charge in [-0.25, -0.2) is 4.98 Å². The van der Waals surface area contributed by atoms with E-state index in [4.69, 9.17) is 27.8 Å². The summed E-state index contributed by atoms with van der Waals surface area (Å²) in [6, 6.07) is 30.1. The lowest BCUT2D eigenvalue weighted by Gasteiger charge is -2.22. The molecule has 0 bridgehead atoms. The summed E-state index contributed by atoms with van der Waals surface area (Å²) in [6.07, 6.45) is 1.44. The van der Waals surface area contributed by atoms with Gasteiger partial charge in [-0.05, 0) is 136 Å². The molecule has 0 unspecified atom stereocenters. The van der Waals surface area contributed by atoms with Crippen LogP contribution in [0.15, 0.2) is 133 Å². The Morgan fingerprint density at radius 3 is 1.93 bits per heavy atom. The van der Waals surface area contributed by atoms with Crippen molar-refractivity contribution in [3.63, 3.8) is 0 Å².